The number of carbonyl (C=O) groups excluding carboxylic acids is 1. The third-order valence-electron chi connectivity index (χ3n) is 8.58. The minimum Gasteiger partial charge on any atom is -0.726 e. The van der Waals surface area contributed by atoms with Gasteiger partial charge in [0, 0.05) is 11.8 Å². The van der Waals surface area contributed by atoms with E-state index in [4.69, 9.17) is 4.18 Å². The van der Waals surface area contributed by atoms with Gasteiger partial charge in [-0.05, 0) is 80.5 Å². The maximum Gasteiger partial charge on any atom is 1.00 e. The normalized spacial score (nSPS) is 48.1. The van der Waals surface area contributed by atoms with Gasteiger partial charge in [-0.3, -0.25) is 8.98 Å². The Morgan fingerprint density at radius 1 is 1.04 bits per heavy atom. The maximum absolute atomic E-state index is 12.4. The van der Waals surface area contributed by atoms with Crippen LogP contribution in [0.4, 0.5) is 0 Å². The zero-order chi connectivity index (χ0) is 18.0. The zero-order valence-corrected chi connectivity index (χ0v) is 19.0. The third-order valence-corrected chi connectivity index (χ3v) is 9.09. The third kappa shape index (κ3) is 3.37. The topological polar surface area (TPSA) is 83.5 Å². The first-order valence-electron chi connectivity index (χ1n) is 9.81. The molecule has 0 amide bonds. The van der Waals surface area contributed by atoms with Crippen molar-refractivity contribution in [2.75, 3.05) is 0 Å². The summed E-state index contributed by atoms with van der Waals surface area (Å²) in [5, 5.41) is 0. The smallest absolute Gasteiger partial charge is 0.726 e. The molecule has 0 aromatic rings. The molecular weight excluding hydrogens is 363 g/mol. The SMILES string of the molecule is CC12CCC3C(CC[C@H]4C[C@H](OS(=O)(=O)[O-])CCC34C)C1CCC2=O.[Na+]. The van der Waals surface area contributed by atoms with E-state index < -0.39 is 16.5 Å². The van der Waals surface area contributed by atoms with E-state index in [9.17, 15) is 17.8 Å². The molecule has 142 valence electrons. The quantitative estimate of drug-likeness (QED) is 0.387. The van der Waals surface area contributed by atoms with Gasteiger partial charge < -0.3 is 4.55 Å². The fourth-order valence-corrected chi connectivity index (χ4v) is 7.75. The van der Waals surface area contributed by atoms with E-state index in [1.165, 1.54) is 0 Å². The number of hydrogen-bond donors (Lipinski definition) is 0. The molecule has 4 fully saturated rings. The summed E-state index contributed by atoms with van der Waals surface area (Å²) >= 11 is 0. The Hall–Kier alpha value is 0.540. The molecule has 0 saturated heterocycles. The van der Waals surface area contributed by atoms with Gasteiger partial charge in [0.15, 0.2) is 0 Å². The average Bonchev–Trinajstić information content (AvgIpc) is 2.82. The second kappa shape index (κ2) is 7.10. The van der Waals surface area contributed by atoms with Gasteiger partial charge in [0.25, 0.3) is 0 Å². The van der Waals surface area contributed by atoms with Crippen molar-refractivity contribution >= 4 is 16.2 Å². The molecule has 0 heterocycles. The number of Topliss-reactive ketones (excluding diaryl/α,β-unsaturated/α-hetero) is 1. The van der Waals surface area contributed by atoms with Gasteiger partial charge in [-0.15, -0.1) is 0 Å². The molecule has 0 radical (unpaired) electrons. The molecule has 0 bridgehead atoms. The van der Waals surface area contributed by atoms with Crippen LogP contribution >= 0.6 is 0 Å². The van der Waals surface area contributed by atoms with Crippen LogP contribution in [0.1, 0.15) is 71.6 Å². The van der Waals surface area contributed by atoms with Crippen LogP contribution in [0.25, 0.3) is 0 Å². The Labute approximate surface area is 179 Å². The number of fused-ring (bicyclic) bond motifs is 5. The van der Waals surface area contributed by atoms with E-state index in [0.717, 1.165) is 44.9 Å². The molecule has 0 spiro atoms. The fourth-order valence-electron chi connectivity index (χ4n) is 7.24. The largest absolute Gasteiger partial charge is 1.00 e. The number of carbonyl (C=O) groups is 1. The Morgan fingerprint density at radius 2 is 1.77 bits per heavy atom. The van der Waals surface area contributed by atoms with E-state index >= 15 is 0 Å². The van der Waals surface area contributed by atoms with E-state index in [-0.39, 0.29) is 40.4 Å². The summed E-state index contributed by atoms with van der Waals surface area (Å²) in [7, 11) is -4.62. The van der Waals surface area contributed by atoms with Crippen LogP contribution in [0.5, 0.6) is 0 Å². The maximum atomic E-state index is 12.4. The van der Waals surface area contributed by atoms with Crippen molar-refractivity contribution < 1.29 is 51.5 Å². The summed E-state index contributed by atoms with van der Waals surface area (Å²) in [5.41, 5.74) is 0.101. The molecule has 4 rings (SSSR count). The first kappa shape index (κ1) is 21.3. The monoisotopic (exact) mass is 392 g/mol. The molecule has 0 aromatic heterocycles. The van der Waals surface area contributed by atoms with Gasteiger partial charge in [0.2, 0.25) is 10.4 Å². The fraction of sp³-hybridized carbons (Fsp3) is 0.947. The number of rotatable bonds is 2. The van der Waals surface area contributed by atoms with Crippen molar-refractivity contribution in [2.24, 2.45) is 34.5 Å². The second-order valence-corrected chi connectivity index (χ2v) is 10.5. The van der Waals surface area contributed by atoms with Crippen molar-refractivity contribution in [3.05, 3.63) is 0 Å². The first-order valence-corrected chi connectivity index (χ1v) is 11.1. The molecule has 4 saturated carbocycles. The summed E-state index contributed by atoms with van der Waals surface area (Å²) in [4.78, 5) is 12.4. The summed E-state index contributed by atoms with van der Waals surface area (Å²) in [6, 6.07) is 0. The van der Waals surface area contributed by atoms with Crippen molar-refractivity contribution in [1.29, 1.82) is 0 Å². The molecule has 0 aromatic carbocycles. The van der Waals surface area contributed by atoms with Crippen molar-refractivity contribution in [3.63, 3.8) is 0 Å². The van der Waals surface area contributed by atoms with Crippen LogP contribution in [-0.4, -0.2) is 24.9 Å². The van der Waals surface area contributed by atoms with Gasteiger partial charge in [-0.1, -0.05) is 13.8 Å². The van der Waals surface area contributed by atoms with Crippen LogP contribution in [0.2, 0.25) is 0 Å². The second-order valence-electron chi connectivity index (χ2n) is 9.48. The van der Waals surface area contributed by atoms with E-state index in [0.29, 0.717) is 42.3 Å². The zero-order valence-electron chi connectivity index (χ0n) is 16.2. The van der Waals surface area contributed by atoms with Gasteiger partial charge >= 0.3 is 29.6 Å². The molecule has 5 unspecified atom stereocenters. The van der Waals surface area contributed by atoms with Gasteiger partial charge in [-0.2, -0.15) is 0 Å². The Balaban J connectivity index is 0.00000196. The van der Waals surface area contributed by atoms with Gasteiger partial charge in [0.1, 0.15) is 5.78 Å². The first-order chi connectivity index (χ1) is 11.6. The van der Waals surface area contributed by atoms with Gasteiger partial charge in [0.05, 0.1) is 6.10 Å². The predicted octanol–water partition coefficient (Wildman–Crippen LogP) is 0.448. The Morgan fingerprint density at radius 3 is 2.46 bits per heavy atom. The van der Waals surface area contributed by atoms with Crippen LogP contribution < -0.4 is 29.6 Å². The predicted molar refractivity (Wildman–Crippen MR) is 91.3 cm³/mol. The minimum atomic E-state index is -4.62. The van der Waals surface area contributed by atoms with Crippen LogP contribution in [0.3, 0.4) is 0 Å². The molecule has 26 heavy (non-hydrogen) atoms. The molecule has 7 heteroatoms. The Bertz CT molecular complexity index is 679. The van der Waals surface area contributed by atoms with Gasteiger partial charge in [-0.25, -0.2) is 8.42 Å². The molecule has 5 nitrogen and oxygen atoms in total. The summed E-state index contributed by atoms with van der Waals surface area (Å²) in [6.45, 7) is 4.57. The molecular formula is C19H29NaO5S. The molecule has 7 atom stereocenters. The van der Waals surface area contributed by atoms with E-state index in [1.807, 2.05) is 0 Å². The summed E-state index contributed by atoms with van der Waals surface area (Å²) < 4.78 is 37.6. The summed E-state index contributed by atoms with van der Waals surface area (Å²) in [6.07, 6.45) is 7.94. The van der Waals surface area contributed by atoms with Crippen LogP contribution in [-0.2, 0) is 19.4 Å². The molecule has 0 aliphatic heterocycles. The molecule has 4 aliphatic rings. The van der Waals surface area contributed by atoms with Crippen molar-refractivity contribution in [2.45, 2.75) is 77.7 Å². The number of hydrogen-bond acceptors (Lipinski definition) is 5. The van der Waals surface area contributed by atoms with E-state index in [2.05, 4.69) is 13.8 Å². The Kier molecular flexibility index (Phi) is 5.80. The molecule has 0 N–H and O–H groups in total. The van der Waals surface area contributed by atoms with Crippen LogP contribution in [0, 0.1) is 34.5 Å². The van der Waals surface area contributed by atoms with Crippen molar-refractivity contribution in [1.82, 2.24) is 0 Å². The number of ketones is 1. The van der Waals surface area contributed by atoms with Crippen LogP contribution in [0.15, 0.2) is 0 Å². The van der Waals surface area contributed by atoms with E-state index in [1.54, 1.807) is 0 Å². The average molecular weight is 392 g/mol. The standard InChI is InChI=1S/C19H30O5S.Na/c1-18-9-7-13(24-25(21,22)23)11-12(18)3-4-14-15-5-6-17(20)19(15,2)10-8-16(14)18;/h12-16H,3-11H2,1-2H3,(H,21,22,23);/q;+1/p-1/t12-,13+,14?,15?,16?,18?,19?;/m0./s1. The minimum absolute atomic E-state index is 0. The summed E-state index contributed by atoms with van der Waals surface area (Å²) in [5.74, 6) is 2.69. The van der Waals surface area contributed by atoms with Crippen molar-refractivity contribution in [3.8, 4) is 0 Å². The molecule has 4 aliphatic carbocycles.